The molecule has 0 saturated heterocycles. The van der Waals surface area contributed by atoms with Crippen LogP contribution in [0, 0.1) is 0 Å². The van der Waals surface area contributed by atoms with Gasteiger partial charge in [0, 0.05) is 11.7 Å². The van der Waals surface area contributed by atoms with Gasteiger partial charge in [-0.25, -0.2) is 0 Å². The van der Waals surface area contributed by atoms with Gasteiger partial charge in [0.1, 0.15) is 0 Å². The van der Waals surface area contributed by atoms with Gasteiger partial charge < -0.3 is 16.4 Å². The van der Waals surface area contributed by atoms with E-state index in [1.54, 1.807) is 0 Å². The van der Waals surface area contributed by atoms with Gasteiger partial charge in [0.15, 0.2) is 0 Å². The molecule has 0 saturated carbocycles. The van der Waals surface area contributed by atoms with Crippen LogP contribution in [-0.2, 0) is 11.2 Å². The van der Waals surface area contributed by atoms with Gasteiger partial charge in [-0.1, -0.05) is 12.1 Å². The highest BCUT2D eigenvalue weighted by Crippen LogP contribution is 2.27. The Hall–Kier alpha value is -1.39. The summed E-state index contributed by atoms with van der Waals surface area (Å²) in [7, 11) is 1.96. The molecule has 1 aromatic rings. The highest BCUT2D eigenvalue weighted by molar-refractivity contribution is 5.99. The number of nitrogens with one attached hydrogen (secondary N) is 2. The molecule has 0 aliphatic carbocycles. The summed E-state index contributed by atoms with van der Waals surface area (Å²) in [6.45, 7) is 0.711. The predicted molar refractivity (Wildman–Crippen MR) is 68.9 cm³/mol. The molecule has 17 heavy (non-hydrogen) atoms. The summed E-state index contributed by atoms with van der Waals surface area (Å²) in [5.74, 6) is 0.0834. The maximum absolute atomic E-state index is 11.3. The van der Waals surface area contributed by atoms with E-state index in [0.29, 0.717) is 19.0 Å². The Balaban J connectivity index is 2.16. The molecular weight excluding hydrogens is 214 g/mol. The summed E-state index contributed by atoms with van der Waals surface area (Å²) in [5.41, 5.74) is 8.82. The number of amides is 1. The SMILES string of the molecule is CNC(CCCN)c1ccc2c(c1)CC(=O)N2. The molecule has 4 heteroatoms. The molecule has 0 aromatic heterocycles. The van der Waals surface area contributed by atoms with E-state index in [1.165, 1.54) is 5.56 Å². The van der Waals surface area contributed by atoms with Crippen molar-refractivity contribution in [2.45, 2.75) is 25.3 Å². The molecule has 4 nitrogen and oxygen atoms in total. The number of carbonyl (C=O) groups excluding carboxylic acids is 1. The second-order valence-electron chi connectivity index (χ2n) is 4.41. The number of nitrogens with two attached hydrogens (primary N) is 1. The molecule has 0 spiro atoms. The van der Waals surface area contributed by atoms with Gasteiger partial charge in [0.2, 0.25) is 5.91 Å². The highest BCUT2D eigenvalue weighted by atomic mass is 16.1. The van der Waals surface area contributed by atoms with Crippen LogP contribution in [0.1, 0.15) is 30.0 Å². The Morgan fingerprint density at radius 3 is 3.06 bits per heavy atom. The Bertz CT molecular complexity index is 417. The minimum atomic E-state index is 0.0834. The van der Waals surface area contributed by atoms with E-state index in [9.17, 15) is 4.79 Å². The van der Waals surface area contributed by atoms with Crippen molar-refractivity contribution >= 4 is 11.6 Å². The van der Waals surface area contributed by atoms with Crippen LogP contribution in [0.3, 0.4) is 0 Å². The number of fused-ring (bicyclic) bond motifs is 1. The van der Waals surface area contributed by atoms with Gasteiger partial charge in [0.25, 0.3) is 0 Å². The molecule has 2 rings (SSSR count). The summed E-state index contributed by atoms with van der Waals surface area (Å²) in [6, 6.07) is 6.50. The first-order valence-corrected chi connectivity index (χ1v) is 6.04. The fourth-order valence-electron chi connectivity index (χ4n) is 2.27. The van der Waals surface area contributed by atoms with Crippen LogP contribution < -0.4 is 16.4 Å². The molecule has 1 aromatic carbocycles. The van der Waals surface area contributed by atoms with Gasteiger partial charge in [-0.05, 0) is 43.6 Å². The molecule has 1 unspecified atom stereocenters. The van der Waals surface area contributed by atoms with Crippen molar-refractivity contribution in [3.63, 3.8) is 0 Å². The van der Waals surface area contributed by atoms with Crippen LogP contribution in [0.2, 0.25) is 0 Å². The van der Waals surface area contributed by atoms with Crippen LogP contribution in [0.25, 0.3) is 0 Å². The number of rotatable bonds is 5. The zero-order valence-corrected chi connectivity index (χ0v) is 10.1. The van der Waals surface area contributed by atoms with E-state index >= 15 is 0 Å². The van der Waals surface area contributed by atoms with Gasteiger partial charge in [-0.2, -0.15) is 0 Å². The first-order chi connectivity index (χ1) is 8.24. The average Bonchev–Trinajstić information content (AvgIpc) is 2.69. The van der Waals surface area contributed by atoms with Gasteiger partial charge in [0.05, 0.1) is 6.42 Å². The highest BCUT2D eigenvalue weighted by Gasteiger charge is 2.19. The lowest BCUT2D eigenvalue weighted by Crippen LogP contribution is -2.17. The van der Waals surface area contributed by atoms with Crippen molar-refractivity contribution in [2.24, 2.45) is 5.73 Å². The number of hydrogen-bond acceptors (Lipinski definition) is 3. The van der Waals surface area contributed by atoms with Crippen LogP contribution >= 0.6 is 0 Å². The van der Waals surface area contributed by atoms with E-state index in [-0.39, 0.29) is 5.91 Å². The summed E-state index contributed by atoms with van der Waals surface area (Å²) in [5, 5.41) is 6.14. The van der Waals surface area contributed by atoms with Gasteiger partial charge in [-0.3, -0.25) is 4.79 Å². The summed E-state index contributed by atoms with van der Waals surface area (Å²) >= 11 is 0. The van der Waals surface area contributed by atoms with E-state index in [2.05, 4.69) is 22.8 Å². The fourth-order valence-corrected chi connectivity index (χ4v) is 2.27. The summed E-state index contributed by atoms with van der Waals surface area (Å²) < 4.78 is 0. The lowest BCUT2D eigenvalue weighted by atomic mass is 9.99. The predicted octanol–water partition coefficient (Wildman–Crippen LogP) is 1.18. The zero-order valence-electron chi connectivity index (χ0n) is 10.1. The molecule has 4 N–H and O–H groups in total. The van der Waals surface area contributed by atoms with Crippen LogP contribution in [0.15, 0.2) is 18.2 Å². The second-order valence-corrected chi connectivity index (χ2v) is 4.41. The van der Waals surface area contributed by atoms with E-state index in [1.807, 2.05) is 13.1 Å². The van der Waals surface area contributed by atoms with Gasteiger partial charge in [-0.15, -0.1) is 0 Å². The third-order valence-corrected chi connectivity index (χ3v) is 3.20. The van der Waals surface area contributed by atoms with Crippen LogP contribution in [0.4, 0.5) is 5.69 Å². The standard InChI is InChI=1S/C13H19N3O/c1-15-11(3-2-6-14)9-4-5-12-10(7-9)8-13(17)16-12/h4-5,7,11,15H,2-3,6,8,14H2,1H3,(H,16,17). The molecule has 1 amide bonds. The Morgan fingerprint density at radius 1 is 1.53 bits per heavy atom. The van der Waals surface area contributed by atoms with E-state index in [4.69, 9.17) is 5.73 Å². The zero-order chi connectivity index (χ0) is 12.3. The Kier molecular flexibility index (Phi) is 3.76. The van der Waals surface area contributed by atoms with Crippen molar-refractivity contribution < 1.29 is 4.79 Å². The average molecular weight is 233 g/mol. The molecular formula is C13H19N3O. The molecule has 1 heterocycles. The van der Waals surface area contributed by atoms with Crippen molar-refractivity contribution in [1.82, 2.24) is 5.32 Å². The van der Waals surface area contributed by atoms with Crippen molar-refractivity contribution in [3.05, 3.63) is 29.3 Å². The molecule has 0 bridgehead atoms. The lowest BCUT2D eigenvalue weighted by Gasteiger charge is -2.17. The molecule has 92 valence electrons. The number of hydrogen-bond donors (Lipinski definition) is 3. The number of benzene rings is 1. The minimum Gasteiger partial charge on any atom is -0.330 e. The Morgan fingerprint density at radius 2 is 2.35 bits per heavy atom. The van der Waals surface area contributed by atoms with Crippen molar-refractivity contribution in [2.75, 3.05) is 18.9 Å². The molecule has 1 aliphatic heterocycles. The molecule has 1 atom stereocenters. The normalized spacial score (nSPS) is 15.5. The number of carbonyl (C=O) groups is 1. The maximum atomic E-state index is 11.3. The Labute approximate surface area is 102 Å². The quantitative estimate of drug-likeness (QED) is 0.715. The minimum absolute atomic E-state index is 0.0834. The van der Waals surface area contributed by atoms with Crippen LogP contribution in [-0.4, -0.2) is 19.5 Å². The summed E-state index contributed by atoms with van der Waals surface area (Å²) in [4.78, 5) is 11.3. The lowest BCUT2D eigenvalue weighted by molar-refractivity contribution is -0.115. The smallest absolute Gasteiger partial charge is 0.228 e. The molecule has 0 radical (unpaired) electrons. The monoisotopic (exact) mass is 233 g/mol. The molecule has 1 aliphatic rings. The van der Waals surface area contributed by atoms with E-state index in [0.717, 1.165) is 24.1 Å². The van der Waals surface area contributed by atoms with E-state index < -0.39 is 0 Å². The largest absolute Gasteiger partial charge is 0.330 e. The number of anilines is 1. The summed E-state index contributed by atoms with van der Waals surface area (Å²) in [6.07, 6.45) is 2.52. The topological polar surface area (TPSA) is 67.1 Å². The van der Waals surface area contributed by atoms with Crippen molar-refractivity contribution in [1.29, 1.82) is 0 Å². The van der Waals surface area contributed by atoms with Crippen molar-refractivity contribution in [3.8, 4) is 0 Å². The molecule has 0 fully saturated rings. The van der Waals surface area contributed by atoms with Gasteiger partial charge >= 0.3 is 0 Å². The fraction of sp³-hybridized carbons (Fsp3) is 0.462. The third-order valence-electron chi connectivity index (χ3n) is 3.20. The third kappa shape index (κ3) is 2.65. The maximum Gasteiger partial charge on any atom is 0.228 e. The second kappa shape index (κ2) is 5.29. The first-order valence-electron chi connectivity index (χ1n) is 6.04. The first kappa shape index (κ1) is 12.1. The van der Waals surface area contributed by atoms with Crippen LogP contribution in [0.5, 0.6) is 0 Å².